The predicted molar refractivity (Wildman–Crippen MR) is 79.6 cm³/mol. The molecule has 0 aliphatic heterocycles. The SMILES string of the molecule is O=C(C=Cc1csc(-c2ccco2)n1)c1ccccc1. The van der Waals surface area contributed by atoms with E-state index in [1.54, 1.807) is 24.5 Å². The average Bonchev–Trinajstić information content (AvgIpc) is 3.16. The molecule has 0 spiro atoms. The lowest BCUT2D eigenvalue weighted by molar-refractivity contribution is 0.104. The summed E-state index contributed by atoms with van der Waals surface area (Å²) in [5.41, 5.74) is 1.43. The summed E-state index contributed by atoms with van der Waals surface area (Å²) >= 11 is 1.49. The summed E-state index contributed by atoms with van der Waals surface area (Å²) in [6, 6.07) is 12.9. The second kappa shape index (κ2) is 5.67. The first-order chi connectivity index (χ1) is 9.83. The van der Waals surface area contributed by atoms with Crippen LogP contribution in [0.15, 0.2) is 64.6 Å². The van der Waals surface area contributed by atoms with Gasteiger partial charge in [0.1, 0.15) is 0 Å². The van der Waals surface area contributed by atoms with Crippen LogP contribution >= 0.6 is 11.3 Å². The van der Waals surface area contributed by atoms with Crippen LogP contribution in [0, 0.1) is 0 Å². The molecule has 2 heterocycles. The van der Waals surface area contributed by atoms with Crippen molar-refractivity contribution in [2.24, 2.45) is 0 Å². The number of benzene rings is 1. The number of allylic oxidation sites excluding steroid dienone is 1. The van der Waals surface area contributed by atoms with Crippen LogP contribution in [0.5, 0.6) is 0 Å². The molecule has 0 aliphatic carbocycles. The molecule has 0 aliphatic rings. The number of hydrogen-bond acceptors (Lipinski definition) is 4. The second-order valence-corrected chi connectivity index (χ2v) is 4.98. The highest BCUT2D eigenvalue weighted by molar-refractivity contribution is 7.13. The molecule has 0 fully saturated rings. The fraction of sp³-hybridized carbons (Fsp3) is 0. The zero-order valence-electron chi connectivity index (χ0n) is 10.5. The third-order valence-corrected chi connectivity index (χ3v) is 3.59. The quantitative estimate of drug-likeness (QED) is 0.529. The van der Waals surface area contributed by atoms with E-state index in [9.17, 15) is 4.79 Å². The Morgan fingerprint density at radius 3 is 2.75 bits per heavy atom. The molecule has 3 aromatic rings. The molecule has 2 aromatic heterocycles. The summed E-state index contributed by atoms with van der Waals surface area (Å²) in [5, 5.41) is 2.70. The standard InChI is InChI=1S/C16H11NO2S/c18-14(12-5-2-1-3-6-12)9-8-13-11-20-16(17-13)15-7-4-10-19-15/h1-11H. The molecule has 98 valence electrons. The number of nitrogens with zero attached hydrogens (tertiary/aromatic N) is 1. The molecule has 0 unspecified atom stereocenters. The van der Waals surface area contributed by atoms with Gasteiger partial charge in [0.25, 0.3) is 0 Å². The lowest BCUT2D eigenvalue weighted by Gasteiger charge is -1.92. The van der Waals surface area contributed by atoms with E-state index in [-0.39, 0.29) is 5.78 Å². The van der Waals surface area contributed by atoms with Crippen LogP contribution < -0.4 is 0 Å². The highest BCUT2D eigenvalue weighted by Crippen LogP contribution is 2.24. The first-order valence-corrected chi connectivity index (χ1v) is 6.98. The minimum Gasteiger partial charge on any atom is -0.462 e. The van der Waals surface area contributed by atoms with Gasteiger partial charge >= 0.3 is 0 Å². The minimum atomic E-state index is -0.0295. The molecule has 0 amide bonds. The Morgan fingerprint density at radius 2 is 2.00 bits per heavy atom. The fourth-order valence-corrected chi connectivity index (χ4v) is 2.49. The zero-order valence-corrected chi connectivity index (χ0v) is 11.3. The van der Waals surface area contributed by atoms with Crippen LogP contribution in [0.3, 0.4) is 0 Å². The molecule has 0 atom stereocenters. The van der Waals surface area contributed by atoms with E-state index in [0.717, 1.165) is 16.5 Å². The van der Waals surface area contributed by atoms with Gasteiger partial charge in [0.15, 0.2) is 16.6 Å². The van der Waals surface area contributed by atoms with Crippen molar-refractivity contribution in [2.75, 3.05) is 0 Å². The number of hydrogen-bond donors (Lipinski definition) is 0. The molecule has 0 radical (unpaired) electrons. The van der Waals surface area contributed by atoms with E-state index in [2.05, 4.69) is 4.98 Å². The van der Waals surface area contributed by atoms with Crippen molar-refractivity contribution in [3.63, 3.8) is 0 Å². The monoisotopic (exact) mass is 281 g/mol. The molecule has 3 rings (SSSR count). The second-order valence-electron chi connectivity index (χ2n) is 4.12. The molecule has 0 saturated heterocycles. The van der Waals surface area contributed by atoms with Crippen molar-refractivity contribution in [3.8, 4) is 10.8 Å². The summed E-state index contributed by atoms with van der Waals surface area (Å²) in [6.45, 7) is 0. The highest BCUT2D eigenvalue weighted by atomic mass is 32.1. The number of carbonyl (C=O) groups is 1. The molecule has 0 N–H and O–H groups in total. The third-order valence-electron chi connectivity index (χ3n) is 2.72. The predicted octanol–water partition coefficient (Wildman–Crippen LogP) is 4.30. The lowest BCUT2D eigenvalue weighted by atomic mass is 10.1. The van der Waals surface area contributed by atoms with Crippen molar-refractivity contribution in [3.05, 3.63) is 71.4 Å². The molecule has 0 saturated carbocycles. The van der Waals surface area contributed by atoms with Crippen molar-refractivity contribution >= 4 is 23.2 Å². The minimum absolute atomic E-state index is 0.0295. The van der Waals surface area contributed by atoms with Gasteiger partial charge in [0.2, 0.25) is 0 Å². The van der Waals surface area contributed by atoms with Crippen LogP contribution in [0.25, 0.3) is 16.8 Å². The van der Waals surface area contributed by atoms with Crippen LogP contribution in [0.4, 0.5) is 0 Å². The normalized spacial score (nSPS) is 11.0. The Morgan fingerprint density at radius 1 is 1.15 bits per heavy atom. The number of furan rings is 1. The third kappa shape index (κ3) is 2.75. The first-order valence-electron chi connectivity index (χ1n) is 6.10. The van der Waals surface area contributed by atoms with Gasteiger partial charge in [0.05, 0.1) is 12.0 Å². The van der Waals surface area contributed by atoms with Crippen LogP contribution in [-0.4, -0.2) is 10.8 Å². The molecule has 20 heavy (non-hydrogen) atoms. The van der Waals surface area contributed by atoms with Gasteiger partial charge in [0, 0.05) is 10.9 Å². The largest absolute Gasteiger partial charge is 0.462 e. The number of thiazole rings is 1. The first kappa shape index (κ1) is 12.6. The molecular formula is C16H11NO2S. The molecule has 3 nitrogen and oxygen atoms in total. The van der Waals surface area contributed by atoms with Crippen LogP contribution in [0.2, 0.25) is 0 Å². The smallest absolute Gasteiger partial charge is 0.185 e. The van der Waals surface area contributed by atoms with E-state index in [1.807, 2.05) is 35.7 Å². The average molecular weight is 281 g/mol. The Bertz CT molecular complexity index is 727. The Kier molecular flexibility index (Phi) is 3.56. The van der Waals surface area contributed by atoms with Crippen LogP contribution in [0.1, 0.15) is 16.1 Å². The topological polar surface area (TPSA) is 43.1 Å². The van der Waals surface area contributed by atoms with E-state index < -0.39 is 0 Å². The summed E-state index contributed by atoms with van der Waals surface area (Å²) < 4.78 is 5.28. The molecule has 1 aromatic carbocycles. The lowest BCUT2D eigenvalue weighted by Crippen LogP contribution is -1.92. The van der Waals surface area contributed by atoms with E-state index in [4.69, 9.17) is 4.42 Å². The summed E-state index contributed by atoms with van der Waals surface area (Å²) in [5.74, 6) is 0.710. The van der Waals surface area contributed by atoms with Gasteiger partial charge in [-0.1, -0.05) is 30.3 Å². The van der Waals surface area contributed by atoms with Crippen LogP contribution in [-0.2, 0) is 0 Å². The maximum atomic E-state index is 11.9. The number of rotatable bonds is 4. The van der Waals surface area contributed by atoms with Gasteiger partial charge < -0.3 is 4.42 Å². The van der Waals surface area contributed by atoms with Crippen molar-refractivity contribution in [2.45, 2.75) is 0 Å². The Balaban J connectivity index is 1.75. The fourth-order valence-electron chi connectivity index (χ4n) is 1.74. The van der Waals surface area contributed by atoms with Gasteiger partial charge in [-0.05, 0) is 24.3 Å². The van der Waals surface area contributed by atoms with Crippen molar-refractivity contribution in [1.82, 2.24) is 4.98 Å². The van der Waals surface area contributed by atoms with Crippen molar-refractivity contribution < 1.29 is 9.21 Å². The molecule has 4 heteroatoms. The van der Waals surface area contributed by atoms with E-state index >= 15 is 0 Å². The number of carbonyl (C=O) groups excluding carboxylic acids is 1. The number of aromatic nitrogens is 1. The maximum Gasteiger partial charge on any atom is 0.185 e. The Hall–Kier alpha value is -2.46. The summed E-state index contributed by atoms with van der Waals surface area (Å²) in [4.78, 5) is 16.3. The molecule has 0 bridgehead atoms. The summed E-state index contributed by atoms with van der Waals surface area (Å²) in [7, 11) is 0. The number of ketones is 1. The van der Waals surface area contributed by atoms with E-state index in [1.165, 1.54) is 17.4 Å². The zero-order chi connectivity index (χ0) is 13.8. The van der Waals surface area contributed by atoms with Gasteiger partial charge in [-0.3, -0.25) is 4.79 Å². The van der Waals surface area contributed by atoms with E-state index in [0.29, 0.717) is 5.56 Å². The van der Waals surface area contributed by atoms with Crippen molar-refractivity contribution in [1.29, 1.82) is 0 Å². The Labute approximate surface area is 120 Å². The summed E-state index contributed by atoms with van der Waals surface area (Å²) in [6.07, 6.45) is 4.87. The van der Waals surface area contributed by atoms with Gasteiger partial charge in [-0.15, -0.1) is 11.3 Å². The molecular weight excluding hydrogens is 270 g/mol. The maximum absolute atomic E-state index is 11.9. The van der Waals surface area contributed by atoms with Gasteiger partial charge in [-0.25, -0.2) is 4.98 Å². The highest BCUT2D eigenvalue weighted by Gasteiger charge is 2.06. The van der Waals surface area contributed by atoms with Gasteiger partial charge in [-0.2, -0.15) is 0 Å².